The summed E-state index contributed by atoms with van der Waals surface area (Å²) in [7, 11) is -3.67. The van der Waals surface area contributed by atoms with Gasteiger partial charge in [-0.2, -0.15) is 4.31 Å². The Bertz CT molecular complexity index is 987. The molecule has 156 valence electrons. The first-order chi connectivity index (χ1) is 13.7. The van der Waals surface area contributed by atoms with Gasteiger partial charge in [0.1, 0.15) is 5.82 Å². The van der Waals surface area contributed by atoms with Crippen LogP contribution in [0.15, 0.2) is 47.4 Å². The van der Waals surface area contributed by atoms with Gasteiger partial charge in [0.05, 0.1) is 11.4 Å². The Morgan fingerprint density at radius 2 is 1.66 bits per heavy atom. The van der Waals surface area contributed by atoms with E-state index >= 15 is 0 Å². The highest BCUT2D eigenvalue weighted by molar-refractivity contribution is 7.89. The van der Waals surface area contributed by atoms with Crippen molar-refractivity contribution >= 4 is 27.5 Å². The number of benzene rings is 2. The number of carbonyl (C=O) groups is 2. The zero-order valence-corrected chi connectivity index (χ0v) is 17.3. The maximum absolute atomic E-state index is 12.9. The second-order valence-corrected chi connectivity index (χ2v) is 8.21. The molecule has 7 nitrogen and oxygen atoms in total. The molecule has 0 aromatic heterocycles. The normalized spacial score (nSPS) is 11.3. The van der Waals surface area contributed by atoms with Gasteiger partial charge in [0, 0.05) is 24.3 Å². The fourth-order valence-corrected chi connectivity index (χ4v) is 4.44. The van der Waals surface area contributed by atoms with Gasteiger partial charge in [0.25, 0.3) is 5.91 Å². The molecular weight excluding hydrogens is 397 g/mol. The van der Waals surface area contributed by atoms with Crippen molar-refractivity contribution in [3.05, 3.63) is 59.4 Å². The summed E-state index contributed by atoms with van der Waals surface area (Å²) in [6.45, 7) is 5.55. The third-order valence-corrected chi connectivity index (χ3v) is 6.50. The van der Waals surface area contributed by atoms with Crippen LogP contribution in [0.5, 0.6) is 0 Å². The van der Waals surface area contributed by atoms with E-state index in [-0.39, 0.29) is 17.0 Å². The molecule has 2 aromatic rings. The second-order valence-electron chi connectivity index (χ2n) is 6.31. The number of nitrogens with one attached hydrogen (secondary N) is 2. The summed E-state index contributed by atoms with van der Waals surface area (Å²) in [6, 6.07) is 9.54. The van der Waals surface area contributed by atoms with Gasteiger partial charge in [-0.05, 0) is 48.9 Å². The summed E-state index contributed by atoms with van der Waals surface area (Å²) < 4.78 is 39.8. The highest BCUT2D eigenvalue weighted by Gasteiger charge is 2.24. The van der Waals surface area contributed by atoms with Crippen molar-refractivity contribution in [1.82, 2.24) is 9.62 Å². The fraction of sp³-hybridized carbons (Fsp3) is 0.300. The van der Waals surface area contributed by atoms with Crippen LogP contribution in [0, 0.1) is 12.7 Å². The number of halogens is 1. The van der Waals surface area contributed by atoms with Crippen LogP contribution in [0.2, 0.25) is 0 Å². The lowest BCUT2D eigenvalue weighted by atomic mass is 10.2. The second kappa shape index (κ2) is 9.62. The molecule has 9 heteroatoms. The average Bonchev–Trinajstić information content (AvgIpc) is 2.68. The third kappa shape index (κ3) is 5.61. The van der Waals surface area contributed by atoms with Crippen molar-refractivity contribution in [3.8, 4) is 0 Å². The van der Waals surface area contributed by atoms with E-state index in [1.165, 1.54) is 22.5 Å². The minimum absolute atomic E-state index is 0.120. The zero-order chi connectivity index (χ0) is 21.6. The number of hydrogen-bond acceptors (Lipinski definition) is 4. The van der Waals surface area contributed by atoms with Gasteiger partial charge in [0.2, 0.25) is 15.9 Å². The van der Waals surface area contributed by atoms with Gasteiger partial charge in [-0.15, -0.1) is 0 Å². The van der Waals surface area contributed by atoms with Crippen LogP contribution in [0.4, 0.5) is 10.1 Å². The zero-order valence-electron chi connectivity index (χ0n) is 16.5. The molecule has 0 fully saturated rings. The lowest BCUT2D eigenvalue weighted by Crippen LogP contribution is -2.33. The molecule has 2 rings (SSSR count). The van der Waals surface area contributed by atoms with Gasteiger partial charge in [-0.3, -0.25) is 9.59 Å². The molecule has 0 spiro atoms. The van der Waals surface area contributed by atoms with Crippen molar-refractivity contribution in [2.24, 2.45) is 0 Å². The van der Waals surface area contributed by atoms with Gasteiger partial charge < -0.3 is 10.6 Å². The van der Waals surface area contributed by atoms with Crippen molar-refractivity contribution in [2.45, 2.75) is 25.7 Å². The maximum Gasteiger partial charge on any atom is 0.251 e. The number of anilines is 1. The first kappa shape index (κ1) is 22.5. The Morgan fingerprint density at radius 3 is 2.24 bits per heavy atom. The van der Waals surface area contributed by atoms with Gasteiger partial charge >= 0.3 is 0 Å². The van der Waals surface area contributed by atoms with E-state index in [9.17, 15) is 22.4 Å². The van der Waals surface area contributed by atoms with E-state index in [1.54, 1.807) is 32.9 Å². The molecule has 0 bridgehead atoms. The first-order valence-electron chi connectivity index (χ1n) is 9.13. The van der Waals surface area contributed by atoms with E-state index in [0.29, 0.717) is 24.3 Å². The Balaban J connectivity index is 2.07. The van der Waals surface area contributed by atoms with Gasteiger partial charge in [-0.25, -0.2) is 12.8 Å². The molecule has 2 amide bonds. The Morgan fingerprint density at radius 1 is 1.03 bits per heavy atom. The largest absolute Gasteiger partial charge is 0.343 e. The number of nitrogens with zero attached hydrogens (tertiary/aromatic N) is 1. The summed E-state index contributed by atoms with van der Waals surface area (Å²) in [6.07, 6.45) is 0. The molecule has 0 atom stereocenters. The summed E-state index contributed by atoms with van der Waals surface area (Å²) in [5.74, 6) is -1.50. The van der Waals surface area contributed by atoms with Crippen LogP contribution in [0.1, 0.15) is 29.8 Å². The van der Waals surface area contributed by atoms with Gasteiger partial charge in [0.15, 0.2) is 0 Å². The Kier molecular flexibility index (Phi) is 7.46. The van der Waals surface area contributed by atoms with Crippen LogP contribution in [0.25, 0.3) is 0 Å². The molecule has 0 aliphatic carbocycles. The molecular formula is C20H24FN3O4S. The molecule has 0 aliphatic rings. The van der Waals surface area contributed by atoms with Gasteiger partial charge in [-0.1, -0.05) is 19.9 Å². The minimum Gasteiger partial charge on any atom is -0.343 e. The number of sulfonamides is 1. The molecule has 29 heavy (non-hydrogen) atoms. The van der Waals surface area contributed by atoms with Crippen molar-refractivity contribution in [2.75, 3.05) is 25.0 Å². The summed E-state index contributed by atoms with van der Waals surface area (Å²) in [5, 5.41) is 5.01. The molecule has 0 saturated carbocycles. The number of rotatable bonds is 8. The fourth-order valence-electron chi connectivity index (χ4n) is 2.73. The summed E-state index contributed by atoms with van der Waals surface area (Å²) in [4.78, 5) is 24.3. The van der Waals surface area contributed by atoms with Crippen LogP contribution in [0.3, 0.4) is 0 Å². The minimum atomic E-state index is -3.67. The highest BCUT2D eigenvalue weighted by atomic mass is 32.2. The van der Waals surface area contributed by atoms with Crippen LogP contribution in [-0.4, -0.2) is 44.2 Å². The predicted octanol–water partition coefficient (Wildman–Crippen LogP) is 2.53. The molecule has 0 heterocycles. The molecule has 0 aliphatic heterocycles. The van der Waals surface area contributed by atoms with E-state index in [4.69, 9.17) is 0 Å². The quantitative estimate of drug-likeness (QED) is 0.685. The molecule has 0 unspecified atom stereocenters. The lowest BCUT2D eigenvalue weighted by Gasteiger charge is -2.20. The first-order valence-corrected chi connectivity index (χ1v) is 10.6. The number of aryl methyl sites for hydroxylation is 1. The smallest absolute Gasteiger partial charge is 0.251 e. The van der Waals surface area contributed by atoms with E-state index in [0.717, 1.165) is 12.1 Å². The third-order valence-electron chi connectivity index (χ3n) is 4.31. The number of hydrogen-bond donors (Lipinski definition) is 2. The molecule has 2 aromatic carbocycles. The SMILES string of the molecule is CCN(CC)S(=O)(=O)c1cc(NC(=O)CNC(=O)c2ccc(F)cc2)ccc1C. The molecule has 2 N–H and O–H groups in total. The summed E-state index contributed by atoms with van der Waals surface area (Å²) >= 11 is 0. The lowest BCUT2D eigenvalue weighted by molar-refractivity contribution is -0.115. The maximum atomic E-state index is 12.9. The topological polar surface area (TPSA) is 95.6 Å². The van der Waals surface area contributed by atoms with Crippen LogP contribution >= 0.6 is 0 Å². The van der Waals surface area contributed by atoms with E-state index in [2.05, 4.69) is 10.6 Å². The van der Waals surface area contributed by atoms with Crippen molar-refractivity contribution in [1.29, 1.82) is 0 Å². The molecule has 0 radical (unpaired) electrons. The van der Waals surface area contributed by atoms with Crippen LogP contribution < -0.4 is 10.6 Å². The monoisotopic (exact) mass is 421 g/mol. The van der Waals surface area contributed by atoms with E-state index < -0.39 is 27.7 Å². The number of amides is 2. The van der Waals surface area contributed by atoms with Crippen molar-refractivity contribution < 1.29 is 22.4 Å². The molecule has 0 saturated heterocycles. The number of carbonyl (C=O) groups excluding carboxylic acids is 2. The standard InChI is InChI=1S/C20H24FN3O4S/c1-4-24(5-2)29(27,28)18-12-17(11-6-14(18)3)23-19(25)13-22-20(26)15-7-9-16(21)10-8-15/h6-12H,4-5,13H2,1-3H3,(H,22,26)(H,23,25). The highest BCUT2D eigenvalue weighted by Crippen LogP contribution is 2.23. The van der Waals surface area contributed by atoms with Crippen LogP contribution in [-0.2, 0) is 14.8 Å². The Labute approximate surface area is 170 Å². The Hall–Kier alpha value is -2.78. The summed E-state index contributed by atoms with van der Waals surface area (Å²) in [5.41, 5.74) is 1.10. The van der Waals surface area contributed by atoms with E-state index in [1.807, 2.05) is 0 Å². The predicted molar refractivity (Wildman–Crippen MR) is 109 cm³/mol. The van der Waals surface area contributed by atoms with Crippen molar-refractivity contribution in [3.63, 3.8) is 0 Å². The average molecular weight is 421 g/mol.